The van der Waals surface area contributed by atoms with E-state index in [4.69, 9.17) is 11.5 Å². The fraction of sp³-hybridized carbons (Fsp3) is 1.00. The highest BCUT2D eigenvalue weighted by atomic mass is 15.1. The minimum Gasteiger partial charge on any atom is -0.325 e. The van der Waals surface area contributed by atoms with Crippen LogP contribution in [0.5, 0.6) is 0 Å². The second kappa shape index (κ2) is 9.24. The van der Waals surface area contributed by atoms with E-state index in [1.54, 1.807) is 0 Å². The zero-order chi connectivity index (χ0) is 15.7. The van der Waals surface area contributed by atoms with Gasteiger partial charge in [0.15, 0.2) is 0 Å². The highest BCUT2D eigenvalue weighted by Gasteiger charge is 2.26. The first-order chi connectivity index (χ1) is 10.6. The van der Waals surface area contributed by atoms with Crippen LogP contribution in [0.2, 0.25) is 0 Å². The molecule has 0 aromatic heterocycles. The number of nitrogens with one attached hydrogen (secondary N) is 1. The molecule has 0 amide bonds. The van der Waals surface area contributed by atoms with Gasteiger partial charge in [-0.05, 0) is 45.1 Å². The maximum atomic E-state index is 6.79. The quantitative estimate of drug-likeness (QED) is 0.628. The van der Waals surface area contributed by atoms with Gasteiger partial charge in [-0.3, -0.25) is 5.32 Å². The standard InChI is InChI=1S/C19H39N3/c20-18-12-6-1-3-9-15-19(21,16-10-4-2-7-13-18)22-17-11-5-8-14-18/h22H,1-17,20-21H2. The molecule has 0 unspecified atom stereocenters. The van der Waals surface area contributed by atoms with Gasteiger partial charge in [0, 0.05) is 5.54 Å². The molecule has 0 spiro atoms. The number of hydrogen-bond acceptors (Lipinski definition) is 3. The highest BCUT2D eigenvalue weighted by molar-refractivity contribution is 4.86. The Balaban J connectivity index is 2.03. The first-order valence-electron chi connectivity index (χ1n) is 9.95. The molecule has 22 heavy (non-hydrogen) atoms. The van der Waals surface area contributed by atoms with E-state index in [1.807, 2.05) is 0 Å². The molecule has 0 radical (unpaired) electrons. The molecule has 130 valence electrons. The van der Waals surface area contributed by atoms with Gasteiger partial charge in [-0.1, -0.05) is 64.2 Å². The second-order valence-electron chi connectivity index (χ2n) is 8.08. The van der Waals surface area contributed by atoms with Crippen molar-refractivity contribution in [2.45, 2.75) is 114 Å². The smallest absolute Gasteiger partial charge is 0.0661 e. The molecular weight excluding hydrogens is 270 g/mol. The largest absolute Gasteiger partial charge is 0.325 e. The van der Waals surface area contributed by atoms with Crippen molar-refractivity contribution in [2.24, 2.45) is 11.5 Å². The van der Waals surface area contributed by atoms with Gasteiger partial charge in [0.1, 0.15) is 0 Å². The molecule has 3 fully saturated rings. The van der Waals surface area contributed by atoms with Gasteiger partial charge >= 0.3 is 0 Å². The third-order valence-electron chi connectivity index (χ3n) is 5.92. The van der Waals surface area contributed by atoms with Crippen molar-refractivity contribution in [1.82, 2.24) is 5.32 Å². The summed E-state index contributed by atoms with van der Waals surface area (Å²) in [6.07, 6.45) is 20.2. The van der Waals surface area contributed by atoms with Crippen molar-refractivity contribution in [2.75, 3.05) is 6.54 Å². The van der Waals surface area contributed by atoms with Crippen molar-refractivity contribution < 1.29 is 0 Å². The van der Waals surface area contributed by atoms with Gasteiger partial charge in [0.05, 0.1) is 5.66 Å². The molecule has 3 nitrogen and oxygen atoms in total. The Kier molecular flexibility index (Phi) is 7.66. The van der Waals surface area contributed by atoms with Crippen LogP contribution < -0.4 is 16.8 Å². The molecule has 1 aliphatic carbocycles. The maximum absolute atomic E-state index is 6.79. The molecule has 3 heteroatoms. The monoisotopic (exact) mass is 309 g/mol. The topological polar surface area (TPSA) is 64.1 Å². The second-order valence-corrected chi connectivity index (χ2v) is 8.08. The van der Waals surface area contributed by atoms with Gasteiger partial charge < -0.3 is 11.5 Å². The summed E-state index contributed by atoms with van der Waals surface area (Å²) in [7, 11) is 0. The lowest BCUT2D eigenvalue weighted by Crippen LogP contribution is -2.53. The van der Waals surface area contributed by atoms with Gasteiger partial charge in [-0.15, -0.1) is 0 Å². The lowest BCUT2D eigenvalue weighted by atomic mass is 9.82. The van der Waals surface area contributed by atoms with Crippen LogP contribution >= 0.6 is 0 Å². The summed E-state index contributed by atoms with van der Waals surface area (Å²) in [6.45, 7) is 1.08. The molecule has 0 atom stereocenters. The van der Waals surface area contributed by atoms with Crippen LogP contribution in [0, 0.1) is 0 Å². The first-order valence-corrected chi connectivity index (χ1v) is 9.95. The van der Waals surface area contributed by atoms with E-state index < -0.39 is 0 Å². The van der Waals surface area contributed by atoms with Crippen LogP contribution in [0.3, 0.4) is 0 Å². The summed E-state index contributed by atoms with van der Waals surface area (Å²) in [5.41, 5.74) is 13.5. The Labute approximate surface area is 138 Å². The summed E-state index contributed by atoms with van der Waals surface area (Å²) in [6, 6.07) is 0. The minimum atomic E-state index is -0.105. The van der Waals surface area contributed by atoms with Crippen LogP contribution in [0.15, 0.2) is 0 Å². The minimum absolute atomic E-state index is 0.105. The predicted molar refractivity (Wildman–Crippen MR) is 95.7 cm³/mol. The van der Waals surface area contributed by atoms with Gasteiger partial charge in [-0.2, -0.15) is 0 Å². The molecule has 3 rings (SSSR count). The molecule has 2 aliphatic heterocycles. The Morgan fingerprint density at radius 2 is 0.909 bits per heavy atom. The van der Waals surface area contributed by atoms with E-state index in [1.165, 1.54) is 89.9 Å². The van der Waals surface area contributed by atoms with E-state index in [-0.39, 0.29) is 11.2 Å². The highest BCUT2D eigenvalue weighted by Crippen LogP contribution is 2.28. The average molecular weight is 310 g/mol. The number of nitrogens with two attached hydrogens (primary N) is 2. The summed E-state index contributed by atoms with van der Waals surface area (Å²) in [5.74, 6) is 0. The molecule has 5 N–H and O–H groups in total. The molecule has 1 saturated carbocycles. The normalized spacial score (nSPS) is 37.4. The lowest BCUT2D eigenvalue weighted by Gasteiger charge is -2.34. The Hall–Kier alpha value is -0.120. The van der Waals surface area contributed by atoms with E-state index in [2.05, 4.69) is 5.32 Å². The summed E-state index contributed by atoms with van der Waals surface area (Å²) < 4.78 is 0. The fourth-order valence-corrected chi connectivity index (χ4v) is 4.34. The van der Waals surface area contributed by atoms with Crippen LogP contribution in [0.4, 0.5) is 0 Å². The summed E-state index contributed by atoms with van der Waals surface area (Å²) in [4.78, 5) is 0. The Bertz CT molecular complexity index is 230. The third kappa shape index (κ3) is 6.55. The van der Waals surface area contributed by atoms with Crippen LogP contribution in [-0.4, -0.2) is 17.7 Å². The van der Waals surface area contributed by atoms with Crippen molar-refractivity contribution in [1.29, 1.82) is 0 Å². The maximum Gasteiger partial charge on any atom is 0.0661 e. The SMILES string of the molecule is NC12CCCCCCC(N)(CCCCCC1)NCCCCC2. The van der Waals surface area contributed by atoms with Crippen molar-refractivity contribution in [3.63, 3.8) is 0 Å². The van der Waals surface area contributed by atoms with Gasteiger partial charge in [0.2, 0.25) is 0 Å². The lowest BCUT2D eigenvalue weighted by molar-refractivity contribution is 0.251. The zero-order valence-electron chi connectivity index (χ0n) is 14.7. The molecular formula is C19H39N3. The van der Waals surface area contributed by atoms with Crippen molar-refractivity contribution in [3.8, 4) is 0 Å². The van der Waals surface area contributed by atoms with Crippen LogP contribution in [0.1, 0.15) is 103 Å². The zero-order valence-corrected chi connectivity index (χ0v) is 14.7. The summed E-state index contributed by atoms with van der Waals surface area (Å²) in [5, 5.41) is 3.69. The average Bonchev–Trinajstić information content (AvgIpc) is 2.49. The molecule has 2 heterocycles. The van der Waals surface area contributed by atoms with Crippen LogP contribution in [0.25, 0.3) is 0 Å². The molecule has 3 aliphatic rings. The van der Waals surface area contributed by atoms with Gasteiger partial charge in [0.25, 0.3) is 0 Å². The van der Waals surface area contributed by atoms with E-state index in [9.17, 15) is 0 Å². The van der Waals surface area contributed by atoms with E-state index in [0.717, 1.165) is 19.4 Å². The summed E-state index contributed by atoms with van der Waals surface area (Å²) >= 11 is 0. The Morgan fingerprint density at radius 3 is 1.41 bits per heavy atom. The third-order valence-corrected chi connectivity index (χ3v) is 5.92. The van der Waals surface area contributed by atoms with Crippen molar-refractivity contribution >= 4 is 0 Å². The molecule has 2 bridgehead atoms. The molecule has 0 aromatic carbocycles. The first kappa shape index (κ1) is 18.2. The Morgan fingerprint density at radius 1 is 0.500 bits per heavy atom. The van der Waals surface area contributed by atoms with Crippen molar-refractivity contribution in [3.05, 3.63) is 0 Å². The molecule has 0 aromatic rings. The van der Waals surface area contributed by atoms with E-state index in [0.29, 0.717) is 0 Å². The predicted octanol–water partition coefficient (Wildman–Crippen LogP) is 4.20. The number of rotatable bonds is 0. The fourth-order valence-electron chi connectivity index (χ4n) is 4.34. The number of hydrogen-bond donors (Lipinski definition) is 3. The van der Waals surface area contributed by atoms with Crippen LogP contribution in [-0.2, 0) is 0 Å². The molecule has 2 saturated heterocycles. The van der Waals surface area contributed by atoms with Gasteiger partial charge in [-0.25, -0.2) is 0 Å². The number of fused-ring (bicyclic) bond motifs is 15. The van der Waals surface area contributed by atoms with E-state index >= 15 is 0 Å².